The number of carbonyl (C=O) groups is 3. The maximum absolute atomic E-state index is 11.1. The number of nitrogens with one attached hydrogen (secondary N) is 1. The molecule has 0 rings (SSSR count). The Labute approximate surface area is 101 Å². The minimum Gasteiger partial charge on any atom is -0.480 e. The first-order valence-corrected chi connectivity index (χ1v) is 5.06. The summed E-state index contributed by atoms with van der Waals surface area (Å²) in [6, 6.07) is -1.44. The van der Waals surface area contributed by atoms with Gasteiger partial charge in [-0.2, -0.15) is 0 Å². The molecule has 2 atom stereocenters. The third kappa shape index (κ3) is 5.56. The number of primary amides is 1. The maximum Gasteiger partial charge on any atom is 0.327 e. The Bertz CT molecular complexity index is 389. The van der Waals surface area contributed by atoms with E-state index in [0.29, 0.717) is 0 Å². The minimum atomic E-state index is -3.26. The smallest absolute Gasteiger partial charge is 0.327 e. The summed E-state index contributed by atoms with van der Waals surface area (Å²) in [5, 5.41) is 17.2. The zero-order chi connectivity index (χ0) is 15.4. The number of aliphatic hydroxyl groups is 1. The van der Waals surface area contributed by atoms with E-state index in [1.165, 1.54) is 0 Å². The molecule has 0 radical (unpaired) electrons. The van der Waals surface area contributed by atoms with E-state index in [-0.39, 0.29) is 11.8 Å². The number of hydrogen-bond donors (Lipinski definition) is 4. The minimum absolute atomic E-state index is 0.189. The van der Waals surface area contributed by atoms with Crippen LogP contribution in [0.25, 0.3) is 0 Å². The molecule has 0 aliphatic heterocycles. The van der Waals surface area contributed by atoms with Crippen molar-refractivity contribution in [1.82, 2.24) is 5.32 Å². The van der Waals surface area contributed by atoms with Gasteiger partial charge in [-0.15, -0.1) is 11.8 Å². The second-order valence-corrected chi connectivity index (χ2v) is 3.74. The summed E-state index contributed by atoms with van der Waals surface area (Å²) in [6.07, 6.45) is 0. The summed E-state index contributed by atoms with van der Waals surface area (Å²) in [6.45, 7) is -2.18. The van der Waals surface area contributed by atoms with Crippen molar-refractivity contribution < 1.29 is 28.7 Å². The van der Waals surface area contributed by atoms with Gasteiger partial charge in [0.05, 0.1) is 10.7 Å². The first-order valence-electron chi connectivity index (χ1n) is 5.58. The molecule has 8 heteroatoms. The van der Waals surface area contributed by atoms with E-state index in [1.54, 1.807) is 0 Å². The van der Waals surface area contributed by atoms with E-state index in [2.05, 4.69) is 0 Å². The Morgan fingerprint density at radius 2 is 2.19 bits per heavy atom. The lowest BCUT2D eigenvalue weighted by Gasteiger charge is -2.15. The zero-order valence-electron chi connectivity index (χ0n) is 11.4. The fourth-order valence-corrected chi connectivity index (χ4v) is 1.51. The highest BCUT2D eigenvalue weighted by Crippen LogP contribution is 2.11. The van der Waals surface area contributed by atoms with Crippen LogP contribution in [0.2, 0.25) is 0 Å². The number of rotatable bonds is 7. The van der Waals surface area contributed by atoms with Crippen LogP contribution >= 0.6 is 11.8 Å². The number of amides is 2. The Morgan fingerprint density at radius 1 is 1.62 bits per heavy atom. The topological polar surface area (TPSA) is 130 Å². The molecule has 0 bridgehead atoms. The van der Waals surface area contributed by atoms with Gasteiger partial charge >= 0.3 is 5.97 Å². The van der Waals surface area contributed by atoms with Crippen LogP contribution in [0.1, 0.15) is 11.0 Å². The van der Waals surface area contributed by atoms with Gasteiger partial charge in [-0.05, 0) is 0 Å². The fraction of sp³-hybridized carbons (Fsp3) is 0.625. The fourth-order valence-electron chi connectivity index (χ4n) is 0.745. The van der Waals surface area contributed by atoms with E-state index in [9.17, 15) is 14.4 Å². The van der Waals surface area contributed by atoms with Gasteiger partial charge in [-0.3, -0.25) is 9.59 Å². The largest absolute Gasteiger partial charge is 0.480 e. The number of carboxylic acid groups (broad SMARTS) is 1. The van der Waals surface area contributed by atoms with Gasteiger partial charge in [0.1, 0.15) is 11.3 Å². The molecule has 5 N–H and O–H groups in total. The highest BCUT2D eigenvalue weighted by molar-refractivity contribution is 8.00. The lowest BCUT2D eigenvalue weighted by molar-refractivity contribution is -0.140. The Balaban J connectivity index is 4.94. The molecule has 0 saturated heterocycles. The van der Waals surface area contributed by atoms with Crippen molar-refractivity contribution >= 4 is 29.5 Å². The van der Waals surface area contributed by atoms with Crippen LogP contribution in [0, 0.1) is 0 Å². The van der Waals surface area contributed by atoms with E-state index in [0.717, 1.165) is 6.92 Å². The number of thioether (sulfide) groups is 1. The highest BCUT2D eigenvalue weighted by Gasteiger charge is 2.22. The molecule has 16 heavy (non-hydrogen) atoms. The number of hydrogen-bond acceptors (Lipinski definition) is 5. The molecule has 0 fully saturated rings. The maximum atomic E-state index is 11.1. The molecule has 1 unspecified atom stereocenters. The summed E-state index contributed by atoms with van der Waals surface area (Å²) >= 11 is 0.189. The standard InChI is InChI=1S/C8H14N2O5S/c1-4(12)10-5(8(14)15)3-16-6(2-11)7(9)13/h5-6,11H,2-3H2,1H3,(H2,9,13)(H,10,12)(H,14,15)/t5-,6?/m0/s1/i2D2,6D. The summed E-state index contributed by atoms with van der Waals surface area (Å²) in [4.78, 5) is 32.6. The summed E-state index contributed by atoms with van der Waals surface area (Å²) in [5.74, 6) is -4.04. The van der Waals surface area contributed by atoms with Gasteiger partial charge < -0.3 is 21.3 Å². The van der Waals surface area contributed by atoms with E-state index < -0.39 is 41.4 Å². The van der Waals surface area contributed by atoms with Crippen LogP contribution in [0.4, 0.5) is 0 Å². The van der Waals surface area contributed by atoms with Gasteiger partial charge in [0.2, 0.25) is 11.8 Å². The van der Waals surface area contributed by atoms with Crippen molar-refractivity contribution in [3.05, 3.63) is 0 Å². The lowest BCUT2D eigenvalue weighted by atomic mass is 10.3. The molecular weight excluding hydrogens is 236 g/mol. The highest BCUT2D eigenvalue weighted by atomic mass is 32.2. The van der Waals surface area contributed by atoms with Crippen LogP contribution in [0.3, 0.4) is 0 Å². The molecule has 0 aromatic rings. The molecule has 0 spiro atoms. The quantitative estimate of drug-likeness (QED) is 0.421. The van der Waals surface area contributed by atoms with Crippen molar-refractivity contribution in [3.63, 3.8) is 0 Å². The predicted molar refractivity (Wildman–Crippen MR) is 57.8 cm³/mol. The van der Waals surface area contributed by atoms with E-state index >= 15 is 0 Å². The SMILES string of the molecule is [2H]C([2H])(O)C([2H])(SC[C@H](NC(C)=O)C(=O)O)C(N)=O. The first kappa shape index (κ1) is 9.91. The molecule has 0 heterocycles. The van der Waals surface area contributed by atoms with Crippen LogP contribution in [0.5, 0.6) is 0 Å². The van der Waals surface area contributed by atoms with Crippen molar-refractivity contribution in [1.29, 1.82) is 0 Å². The average molecular weight is 253 g/mol. The van der Waals surface area contributed by atoms with Crippen LogP contribution in [0.15, 0.2) is 0 Å². The van der Waals surface area contributed by atoms with Gasteiger partial charge in [-0.25, -0.2) is 4.79 Å². The number of carbonyl (C=O) groups excluding carboxylic acids is 2. The van der Waals surface area contributed by atoms with Crippen LogP contribution in [-0.4, -0.2) is 51.6 Å². The van der Waals surface area contributed by atoms with Crippen LogP contribution < -0.4 is 11.1 Å². The Kier molecular flexibility index (Phi) is 4.38. The molecule has 0 aromatic heterocycles. The zero-order valence-corrected chi connectivity index (χ0v) is 9.21. The predicted octanol–water partition coefficient (Wildman–Crippen LogP) is -1.84. The average Bonchev–Trinajstić information content (AvgIpc) is 2.20. The van der Waals surface area contributed by atoms with E-state index in [4.69, 9.17) is 20.1 Å². The van der Waals surface area contributed by atoms with Gasteiger partial charge in [0, 0.05) is 12.7 Å². The Morgan fingerprint density at radius 3 is 2.50 bits per heavy atom. The molecule has 92 valence electrons. The van der Waals surface area contributed by atoms with Crippen molar-refractivity contribution in [2.24, 2.45) is 5.73 Å². The molecule has 0 aliphatic carbocycles. The van der Waals surface area contributed by atoms with E-state index in [1.807, 2.05) is 5.32 Å². The summed E-state index contributed by atoms with van der Waals surface area (Å²) in [7, 11) is 0. The lowest BCUT2D eigenvalue weighted by Crippen LogP contribution is -2.42. The number of carboxylic acids is 1. The third-order valence-electron chi connectivity index (χ3n) is 1.40. The Hall–Kier alpha value is -1.28. The molecular formula is C8H14N2O5S. The molecule has 7 nitrogen and oxygen atoms in total. The molecule has 0 aliphatic rings. The van der Waals surface area contributed by atoms with Gasteiger partial charge in [-0.1, -0.05) is 0 Å². The summed E-state index contributed by atoms with van der Waals surface area (Å²) in [5.41, 5.74) is 4.84. The van der Waals surface area contributed by atoms with Gasteiger partial charge in [0.25, 0.3) is 0 Å². The molecule has 0 aromatic carbocycles. The normalized spacial score (nSPS) is 19.5. The summed E-state index contributed by atoms with van der Waals surface area (Å²) < 4.78 is 21.5. The molecule has 0 saturated carbocycles. The first-order chi connectivity index (χ1) is 8.41. The van der Waals surface area contributed by atoms with Crippen molar-refractivity contribution in [3.8, 4) is 0 Å². The number of aliphatic carboxylic acids is 1. The van der Waals surface area contributed by atoms with Gasteiger partial charge in [0.15, 0.2) is 0 Å². The third-order valence-corrected chi connectivity index (χ3v) is 2.48. The number of nitrogens with two attached hydrogens (primary N) is 1. The molecule has 2 amide bonds. The monoisotopic (exact) mass is 253 g/mol. The van der Waals surface area contributed by atoms with Crippen molar-refractivity contribution in [2.45, 2.75) is 18.2 Å². The van der Waals surface area contributed by atoms with Crippen molar-refractivity contribution in [2.75, 3.05) is 12.3 Å². The second kappa shape index (κ2) is 7.07. The van der Waals surface area contributed by atoms with Crippen LogP contribution in [-0.2, 0) is 14.4 Å². The second-order valence-electron chi connectivity index (χ2n) is 2.71.